The molecule has 0 rings (SSSR count). The van der Waals surface area contributed by atoms with Crippen LogP contribution in [-0.4, -0.2) is 41.5 Å². The molecule has 0 aliphatic carbocycles. The lowest BCUT2D eigenvalue weighted by Crippen LogP contribution is -2.14. The second-order valence-electron chi connectivity index (χ2n) is 4.62. The first-order valence-electron chi connectivity index (χ1n) is 6.90. The molecular weight excluding hydrogens is 315 g/mol. The van der Waals surface area contributed by atoms with Crippen LogP contribution in [0.3, 0.4) is 0 Å². The molecule has 0 aromatic heterocycles. The molecule has 0 aromatic rings. The molecule has 8 nitrogen and oxygen atoms in total. The highest BCUT2D eigenvalue weighted by Gasteiger charge is 2.12. The molecule has 0 aliphatic rings. The van der Waals surface area contributed by atoms with Gasteiger partial charge in [-0.2, -0.15) is 0 Å². The Kier molecular flexibility index (Phi) is 10.7. The summed E-state index contributed by atoms with van der Waals surface area (Å²) in [5, 5.41) is 0. The fourth-order valence-electron chi connectivity index (χ4n) is 1.39. The highest BCUT2D eigenvalue weighted by Crippen LogP contribution is 2.35. The SMILES string of the molecule is C=C(C)C(=O)OCCOC(=O)CCCCCCOP(=O)(O)O. The number of carbonyl (C=O) groups excluding carboxylic acids is 2. The topological polar surface area (TPSA) is 119 Å². The van der Waals surface area contributed by atoms with Gasteiger partial charge in [-0.25, -0.2) is 9.36 Å². The molecule has 0 saturated heterocycles. The average Bonchev–Trinajstić information content (AvgIpc) is 2.40. The minimum Gasteiger partial charge on any atom is -0.462 e. The van der Waals surface area contributed by atoms with Crippen LogP contribution in [-0.2, 0) is 28.2 Å². The molecule has 2 N–H and O–H groups in total. The van der Waals surface area contributed by atoms with Crippen LogP contribution in [0.5, 0.6) is 0 Å². The quantitative estimate of drug-likeness (QED) is 0.239. The molecular formula is C13H23O8P. The van der Waals surface area contributed by atoms with E-state index in [4.69, 9.17) is 19.3 Å². The van der Waals surface area contributed by atoms with Crippen LogP contribution in [0.1, 0.15) is 39.0 Å². The maximum atomic E-state index is 11.3. The Morgan fingerprint density at radius 2 is 1.59 bits per heavy atom. The van der Waals surface area contributed by atoms with Crippen molar-refractivity contribution in [3.8, 4) is 0 Å². The first-order chi connectivity index (χ1) is 10.2. The smallest absolute Gasteiger partial charge is 0.462 e. The van der Waals surface area contributed by atoms with E-state index in [1.54, 1.807) is 0 Å². The van der Waals surface area contributed by atoms with Crippen molar-refractivity contribution in [2.45, 2.75) is 39.0 Å². The summed E-state index contributed by atoms with van der Waals surface area (Å²) in [5.74, 6) is -0.897. The molecule has 0 heterocycles. The first kappa shape index (κ1) is 20.8. The van der Waals surface area contributed by atoms with Crippen LogP contribution in [0, 0.1) is 0 Å². The zero-order valence-electron chi connectivity index (χ0n) is 12.7. The summed E-state index contributed by atoms with van der Waals surface area (Å²) in [6.45, 7) is 4.94. The summed E-state index contributed by atoms with van der Waals surface area (Å²) in [6, 6.07) is 0. The minimum absolute atomic E-state index is 0.00283. The zero-order valence-corrected chi connectivity index (χ0v) is 13.5. The molecule has 9 heteroatoms. The van der Waals surface area contributed by atoms with E-state index in [2.05, 4.69) is 11.1 Å². The normalized spacial score (nSPS) is 11.0. The van der Waals surface area contributed by atoms with Gasteiger partial charge in [0.25, 0.3) is 0 Å². The Labute approximate surface area is 129 Å². The summed E-state index contributed by atoms with van der Waals surface area (Å²) in [5.41, 5.74) is 0.286. The number of rotatable bonds is 12. The third kappa shape index (κ3) is 13.8. The van der Waals surface area contributed by atoms with E-state index < -0.39 is 13.8 Å². The Morgan fingerprint density at radius 3 is 2.18 bits per heavy atom. The van der Waals surface area contributed by atoms with Crippen LogP contribution >= 0.6 is 7.82 Å². The first-order valence-corrected chi connectivity index (χ1v) is 8.44. The van der Waals surface area contributed by atoms with Crippen LogP contribution in [0.15, 0.2) is 12.2 Å². The fraction of sp³-hybridized carbons (Fsp3) is 0.692. The number of esters is 2. The second kappa shape index (κ2) is 11.4. The molecule has 0 unspecified atom stereocenters. The monoisotopic (exact) mass is 338 g/mol. The number of carbonyl (C=O) groups is 2. The second-order valence-corrected chi connectivity index (χ2v) is 5.86. The highest BCUT2D eigenvalue weighted by atomic mass is 31.2. The van der Waals surface area contributed by atoms with E-state index in [0.717, 1.165) is 6.42 Å². The molecule has 0 aromatic carbocycles. The maximum Gasteiger partial charge on any atom is 0.469 e. The molecule has 0 bridgehead atoms. The van der Waals surface area contributed by atoms with Crippen molar-refractivity contribution < 1.29 is 37.9 Å². The molecule has 0 fully saturated rings. The van der Waals surface area contributed by atoms with Crippen LogP contribution in [0.25, 0.3) is 0 Å². The molecule has 0 spiro atoms. The van der Waals surface area contributed by atoms with Crippen molar-refractivity contribution >= 4 is 19.8 Å². The Balaban J connectivity index is 3.42. The van der Waals surface area contributed by atoms with Crippen LogP contribution < -0.4 is 0 Å². The van der Waals surface area contributed by atoms with Gasteiger partial charge in [-0.1, -0.05) is 19.4 Å². The number of phosphoric ester groups is 1. The molecule has 22 heavy (non-hydrogen) atoms. The van der Waals surface area contributed by atoms with Crippen LogP contribution in [0.4, 0.5) is 0 Å². The van der Waals surface area contributed by atoms with E-state index in [1.165, 1.54) is 6.92 Å². The molecule has 0 atom stereocenters. The summed E-state index contributed by atoms with van der Waals surface area (Å²) in [7, 11) is -4.38. The third-order valence-electron chi connectivity index (χ3n) is 2.46. The molecule has 0 radical (unpaired) electrons. The highest BCUT2D eigenvalue weighted by molar-refractivity contribution is 7.46. The largest absolute Gasteiger partial charge is 0.469 e. The van der Waals surface area contributed by atoms with Crippen molar-refractivity contribution in [3.63, 3.8) is 0 Å². The lowest BCUT2D eigenvalue weighted by atomic mass is 10.1. The Bertz CT molecular complexity index is 414. The van der Waals surface area contributed by atoms with E-state index in [0.29, 0.717) is 19.3 Å². The number of hydrogen-bond donors (Lipinski definition) is 2. The maximum absolute atomic E-state index is 11.3. The van der Waals surface area contributed by atoms with Gasteiger partial charge in [0, 0.05) is 12.0 Å². The van der Waals surface area contributed by atoms with E-state index in [1.807, 2.05) is 0 Å². The summed E-state index contributed by atoms with van der Waals surface area (Å²) < 4.78 is 24.3. The van der Waals surface area contributed by atoms with E-state index in [9.17, 15) is 14.2 Å². The van der Waals surface area contributed by atoms with Crippen molar-refractivity contribution in [3.05, 3.63) is 12.2 Å². The van der Waals surface area contributed by atoms with Gasteiger partial charge in [-0.3, -0.25) is 9.32 Å². The third-order valence-corrected chi connectivity index (χ3v) is 2.98. The van der Waals surface area contributed by atoms with Gasteiger partial charge < -0.3 is 19.3 Å². The van der Waals surface area contributed by atoms with Gasteiger partial charge in [0.2, 0.25) is 0 Å². The molecule has 0 aliphatic heterocycles. The average molecular weight is 338 g/mol. The Morgan fingerprint density at radius 1 is 1.00 bits per heavy atom. The summed E-state index contributed by atoms with van der Waals surface area (Å²) >= 11 is 0. The summed E-state index contributed by atoms with van der Waals surface area (Å²) in [4.78, 5) is 39.3. The van der Waals surface area contributed by atoms with Crippen molar-refractivity contribution in [1.29, 1.82) is 0 Å². The molecule has 128 valence electrons. The fourth-order valence-corrected chi connectivity index (χ4v) is 1.76. The minimum atomic E-state index is -4.38. The number of phosphoric acid groups is 1. The Hall–Kier alpha value is -1.21. The van der Waals surface area contributed by atoms with Gasteiger partial charge in [0.15, 0.2) is 0 Å². The predicted octanol–water partition coefficient (Wildman–Crippen LogP) is 1.71. The standard InChI is InChI=1S/C13H23O8P/c1-11(2)13(15)20-10-9-19-12(14)7-5-3-4-6-8-21-22(16,17)18/h1,3-10H2,2H3,(H2,16,17,18). The van der Waals surface area contributed by atoms with E-state index in [-0.39, 0.29) is 37.8 Å². The van der Waals surface area contributed by atoms with Crippen molar-refractivity contribution in [2.75, 3.05) is 19.8 Å². The van der Waals surface area contributed by atoms with Gasteiger partial charge in [-0.05, 0) is 19.8 Å². The number of hydrogen-bond acceptors (Lipinski definition) is 6. The van der Waals surface area contributed by atoms with E-state index >= 15 is 0 Å². The van der Waals surface area contributed by atoms with Crippen molar-refractivity contribution in [1.82, 2.24) is 0 Å². The van der Waals surface area contributed by atoms with Gasteiger partial charge >= 0.3 is 19.8 Å². The van der Waals surface area contributed by atoms with Crippen molar-refractivity contribution in [2.24, 2.45) is 0 Å². The van der Waals surface area contributed by atoms with Gasteiger partial charge in [0.1, 0.15) is 13.2 Å². The summed E-state index contributed by atoms with van der Waals surface area (Å²) in [6.07, 6.45) is 2.79. The molecule has 0 amide bonds. The van der Waals surface area contributed by atoms with Gasteiger partial charge in [0.05, 0.1) is 6.61 Å². The molecule has 0 saturated carbocycles. The van der Waals surface area contributed by atoms with Crippen LogP contribution in [0.2, 0.25) is 0 Å². The zero-order chi connectivity index (χ0) is 17.0. The lowest BCUT2D eigenvalue weighted by Gasteiger charge is -2.06. The lowest BCUT2D eigenvalue weighted by molar-refractivity contribution is -0.150. The number of unbranched alkanes of at least 4 members (excludes halogenated alkanes) is 3. The number of ether oxygens (including phenoxy) is 2. The van der Waals surface area contributed by atoms with Gasteiger partial charge in [-0.15, -0.1) is 0 Å². The predicted molar refractivity (Wildman–Crippen MR) is 77.8 cm³/mol.